The van der Waals surface area contributed by atoms with Crippen LogP contribution in [-0.2, 0) is 0 Å². The van der Waals surface area contributed by atoms with E-state index in [0.717, 1.165) is 10.6 Å². The molecule has 0 aromatic heterocycles. The van der Waals surface area contributed by atoms with Crippen LogP contribution in [0.1, 0.15) is 31.1 Å². The van der Waals surface area contributed by atoms with Crippen molar-refractivity contribution in [1.29, 1.82) is 0 Å². The highest BCUT2D eigenvalue weighted by atomic mass is 32.2. The van der Waals surface area contributed by atoms with E-state index in [0.29, 0.717) is 16.7 Å². The van der Waals surface area contributed by atoms with E-state index in [9.17, 15) is 4.79 Å². The Labute approximate surface area is 114 Å². The summed E-state index contributed by atoms with van der Waals surface area (Å²) in [7, 11) is 3.50. The van der Waals surface area contributed by atoms with Gasteiger partial charge in [0.2, 0.25) is 0 Å². The number of benzene rings is 1. The highest BCUT2D eigenvalue weighted by molar-refractivity contribution is 8.00. The zero-order valence-electron chi connectivity index (χ0n) is 11.7. The summed E-state index contributed by atoms with van der Waals surface area (Å²) in [4.78, 5) is 14.5. The number of nitrogen functional groups attached to an aromatic ring is 1. The molecule has 1 aromatic rings. The second-order valence-electron chi connectivity index (χ2n) is 5.02. The first-order chi connectivity index (χ1) is 8.32. The number of nitrogens with zero attached hydrogens (tertiary/aromatic N) is 1. The van der Waals surface area contributed by atoms with E-state index in [4.69, 9.17) is 5.73 Å². The lowest BCUT2D eigenvalue weighted by molar-refractivity contribution is 0.0827. The highest BCUT2D eigenvalue weighted by Crippen LogP contribution is 2.32. The summed E-state index contributed by atoms with van der Waals surface area (Å²) in [5, 5.41) is 0.469. The number of hydrogen-bond donors (Lipinski definition) is 1. The molecule has 0 radical (unpaired) electrons. The van der Waals surface area contributed by atoms with Crippen LogP contribution < -0.4 is 5.73 Å². The van der Waals surface area contributed by atoms with Crippen LogP contribution in [0.15, 0.2) is 23.1 Å². The Morgan fingerprint density at radius 1 is 1.28 bits per heavy atom. The van der Waals surface area contributed by atoms with Crippen LogP contribution in [0.4, 0.5) is 5.69 Å². The fourth-order valence-corrected chi connectivity index (χ4v) is 2.44. The molecule has 0 aliphatic rings. The standard InChI is InChI=1S/C14H22N2OS/c1-9(2)10(3)18-13-8-11(6-7-12(13)15)14(17)16(4)5/h6-10H,15H2,1-5H3. The Morgan fingerprint density at radius 2 is 1.89 bits per heavy atom. The van der Waals surface area contributed by atoms with Crippen molar-refractivity contribution in [2.24, 2.45) is 5.92 Å². The predicted octanol–water partition coefficient (Wildman–Crippen LogP) is 3.11. The van der Waals surface area contributed by atoms with Crippen LogP contribution in [0.5, 0.6) is 0 Å². The van der Waals surface area contributed by atoms with Crippen molar-refractivity contribution < 1.29 is 4.79 Å². The van der Waals surface area contributed by atoms with E-state index in [1.54, 1.807) is 36.8 Å². The minimum atomic E-state index is 0.00838. The SMILES string of the molecule is CC(C)C(C)Sc1cc(C(=O)N(C)C)ccc1N. The van der Waals surface area contributed by atoms with E-state index >= 15 is 0 Å². The number of amides is 1. The van der Waals surface area contributed by atoms with Gasteiger partial charge in [-0.05, 0) is 24.1 Å². The van der Waals surface area contributed by atoms with Crippen LogP contribution in [0.2, 0.25) is 0 Å². The van der Waals surface area contributed by atoms with Crippen LogP contribution in [0, 0.1) is 5.92 Å². The molecule has 0 saturated heterocycles. The summed E-state index contributed by atoms with van der Waals surface area (Å²) in [6.07, 6.45) is 0. The molecule has 1 unspecified atom stereocenters. The number of hydrogen-bond acceptors (Lipinski definition) is 3. The van der Waals surface area contributed by atoms with Gasteiger partial charge in [-0.1, -0.05) is 20.8 Å². The minimum Gasteiger partial charge on any atom is -0.398 e. The smallest absolute Gasteiger partial charge is 0.253 e. The first-order valence-electron chi connectivity index (χ1n) is 6.10. The Morgan fingerprint density at radius 3 is 2.39 bits per heavy atom. The van der Waals surface area contributed by atoms with Crippen molar-refractivity contribution in [3.63, 3.8) is 0 Å². The van der Waals surface area contributed by atoms with Crippen molar-refractivity contribution in [2.75, 3.05) is 19.8 Å². The van der Waals surface area contributed by atoms with E-state index in [-0.39, 0.29) is 5.91 Å². The lowest BCUT2D eigenvalue weighted by Crippen LogP contribution is -2.21. The Hall–Kier alpha value is -1.16. The first-order valence-corrected chi connectivity index (χ1v) is 6.98. The number of anilines is 1. The molecule has 1 rings (SSSR count). The largest absolute Gasteiger partial charge is 0.398 e. The average molecular weight is 266 g/mol. The number of rotatable bonds is 4. The Kier molecular flexibility index (Phi) is 5.08. The molecule has 0 spiro atoms. The molecular weight excluding hydrogens is 244 g/mol. The third-order valence-corrected chi connectivity index (χ3v) is 4.44. The molecule has 1 atom stereocenters. The summed E-state index contributed by atoms with van der Waals surface area (Å²) in [5.41, 5.74) is 7.39. The Balaban J connectivity index is 2.98. The van der Waals surface area contributed by atoms with Gasteiger partial charge < -0.3 is 10.6 Å². The van der Waals surface area contributed by atoms with Crippen molar-refractivity contribution in [1.82, 2.24) is 4.90 Å². The van der Waals surface area contributed by atoms with Gasteiger partial charge in [-0.25, -0.2) is 0 Å². The van der Waals surface area contributed by atoms with Gasteiger partial charge in [-0.15, -0.1) is 11.8 Å². The van der Waals surface area contributed by atoms with Crippen molar-refractivity contribution in [3.05, 3.63) is 23.8 Å². The normalized spacial score (nSPS) is 12.6. The molecule has 1 aromatic carbocycles. The molecule has 3 nitrogen and oxygen atoms in total. The topological polar surface area (TPSA) is 46.3 Å². The number of thioether (sulfide) groups is 1. The zero-order chi connectivity index (χ0) is 13.9. The number of nitrogens with two attached hydrogens (primary N) is 1. The van der Waals surface area contributed by atoms with Gasteiger partial charge in [-0.2, -0.15) is 0 Å². The van der Waals surface area contributed by atoms with Gasteiger partial charge in [-0.3, -0.25) is 4.79 Å². The fourth-order valence-electron chi connectivity index (χ4n) is 1.36. The van der Waals surface area contributed by atoms with Gasteiger partial charge in [0, 0.05) is 35.5 Å². The van der Waals surface area contributed by atoms with E-state index in [1.165, 1.54) is 0 Å². The first kappa shape index (κ1) is 14.9. The molecular formula is C14H22N2OS. The van der Waals surface area contributed by atoms with Crippen LogP contribution in [0.3, 0.4) is 0 Å². The fraction of sp³-hybridized carbons (Fsp3) is 0.500. The van der Waals surface area contributed by atoms with Crippen molar-refractivity contribution in [3.8, 4) is 0 Å². The zero-order valence-corrected chi connectivity index (χ0v) is 12.5. The third kappa shape index (κ3) is 3.67. The molecule has 100 valence electrons. The van der Waals surface area contributed by atoms with Crippen LogP contribution in [-0.4, -0.2) is 30.2 Å². The van der Waals surface area contributed by atoms with Crippen molar-refractivity contribution >= 4 is 23.4 Å². The second-order valence-corrected chi connectivity index (χ2v) is 6.44. The van der Waals surface area contributed by atoms with E-state index < -0.39 is 0 Å². The molecule has 0 heterocycles. The van der Waals surface area contributed by atoms with Crippen LogP contribution >= 0.6 is 11.8 Å². The minimum absolute atomic E-state index is 0.00838. The maximum absolute atomic E-state index is 11.9. The lowest BCUT2D eigenvalue weighted by Gasteiger charge is -2.17. The van der Waals surface area contributed by atoms with E-state index in [1.807, 2.05) is 12.1 Å². The molecule has 0 aliphatic heterocycles. The Bertz CT molecular complexity index is 430. The molecule has 0 bridgehead atoms. The van der Waals surface area contributed by atoms with Gasteiger partial charge in [0.05, 0.1) is 0 Å². The maximum atomic E-state index is 11.9. The summed E-state index contributed by atoms with van der Waals surface area (Å²) in [5.74, 6) is 0.580. The molecule has 4 heteroatoms. The van der Waals surface area contributed by atoms with Gasteiger partial charge in [0.25, 0.3) is 5.91 Å². The molecule has 1 amide bonds. The predicted molar refractivity (Wildman–Crippen MR) is 79.0 cm³/mol. The molecule has 0 aliphatic carbocycles. The van der Waals surface area contributed by atoms with Crippen LogP contribution in [0.25, 0.3) is 0 Å². The quantitative estimate of drug-likeness (QED) is 0.673. The summed E-state index contributed by atoms with van der Waals surface area (Å²) >= 11 is 1.73. The number of carbonyl (C=O) groups excluding carboxylic acids is 1. The van der Waals surface area contributed by atoms with Crippen molar-refractivity contribution in [2.45, 2.75) is 30.9 Å². The third-order valence-electron chi connectivity index (χ3n) is 2.92. The van der Waals surface area contributed by atoms with Gasteiger partial charge >= 0.3 is 0 Å². The molecule has 0 fully saturated rings. The maximum Gasteiger partial charge on any atom is 0.253 e. The monoisotopic (exact) mass is 266 g/mol. The van der Waals surface area contributed by atoms with Gasteiger partial charge in [0.1, 0.15) is 0 Å². The number of carbonyl (C=O) groups is 1. The summed E-state index contributed by atoms with van der Waals surface area (Å²) in [6, 6.07) is 5.48. The summed E-state index contributed by atoms with van der Waals surface area (Å²) < 4.78 is 0. The van der Waals surface area contributed by atoms with Gasteiger partial charge in [0.15, 0.2) is 0 Å². The lowest BCUT2D eigenvalue weighted by atomic mass is 10.1. The summed E-state index contributed by atoms with van der Waals surface area (Å²) in [6.45, 7) is 6.54. The second kappa shape index (κ2) is 6.14. The molecule has 18 heavy (non-hydrogen) atoms. The highest BCUT2D eigenvalue weighted by Gasteiger charge is 2.14. The molecule has 2 N–H and O–H groups in total. The average Bonchev–Trinajstić information content (AvgIpc) is 2.30. The molecule has 0 saturated carbocycles. The van der Waals surface area contributed by atoms with E-state index in [2.05, 4.69) is 20.8 Å².